The minimum absolute atomic E-state index is 0.622. The summed E-state index contributed by atoms with van der Waals surface area (Å²) in [5.41, 5.74) is 3.41. The third kappa shape index (κ3) is 5.16. The van der Waals surface area contributed by atoms with Gasteiger partial charge >= 0.3 is 0 Å². The fourth-order valence-electron chi connectivity index (χ4n) is 3.23. The summed E-state index contributed by atoms with van der Waals surface area (Å²) in [4.78, 5) is 14.9. The molecular weight excluding hydrogens is 392 g/mol. The Kier molecular flexibility index (Phi) is 7.15. The first-order chi connectivity index (χ1) is 13.5. The lowest BCUT2D eigenvalue weighted by Gasteiger charge is -2.35. The van der Waals surface area contributed by atoms with Gasteiger partial charge in [-0.1, -0.05) is 17.7 Å². The highest BCUT2D eigenvalue weighted by Crippen LogP contribution is 2.28. The predicted molar refractivity (Wildman–Crippen MR) is 120 cm³/mol. The van der Waals surface area contributed by atoms with Crippen molar-refractivity contribution in [1.29, 1.82) is 0 Å². The van der Waals surface area contributed by atoms with E-state index in [9.17, 15) is 0 Å². The Labute approximate surface area is 176 Å². The van der Waals surface area contributed by atoms with Crippen molar-refractivity contribution in [2.24, 2.45) is 4.99 Å². The van der Waals surface area contributed by atoms with E-state index in [1.165, 1.54) is 10.6 Å². The summed E-state index contributed by atoms with van der Waals surface area (Å²) in [5.74, 6) is 0.745. The molecule has 0 bridgehead atoms. The van der Waals surface area contributed by atoms with E-state index >= 15 is 0 Å². The largest absolute Gasteiger partial charge is 0.369 e. The van der Waals surface area contributed by atoms with Gasteiger partial charge in [-0.25, -0.2) is 4.98 Å². The van der Waals surface area contributed by atoms with Crippen molar-refractivity contribution in [3.63, 3.8) is 0 Å². The summed E-state index contributed by atoms with van der Waals surface area (Å²) < 4.78 is 0. The van der Waals surface area contributed by atoms with Crippen LogP contribution in [-0.4, -0.2) is 56.1 Å². The molecule has 1 saturated heterocycles. The van der Waals surface area contributed by atoms with Crippen LogP contribution in [0.25, 0.3) is 0 Å². The maximum Gasteiger partial charge on any atom is 0.191 e. The van der Waals surface area contributed by atoms with Crippen LogP contribution in [0.2, 0.25) is 5.02 Å². The van der Waals surface area contributed by atoms with Gasteiger partial charge in [0.05, 0.1) is 12.2 Å². The number of likely N-dealkylation sites (N-methyl/N-ethyl adjacent to an activating group) is 1. The Bertz CT molecular complexity index is 807. The van der Waals surface area contributed by atoms with Crippen molar-refractivity contribution in [2.75, 3.05) is 45.2 Å². The molecule has 0 unspecified atom stereocenters. The van der Waals surface area contributed by atoms with E-state index in [0.717, 1.165) is 53.4 Å². The molecule has 2 heterocycles. The molecule has 1 aromatic carbocycles. The van der Waals surface area contributed by atoms with E-state index < -0.39 is 0 Å². The molecule has 1 aliphatic heterocycles. The summed E-state index contributed by atoms with van der Waals surface area (Å²) in [6, 6.07) is 6.14. The normalized spacial score (nSPS) is 15.8. The van der Waals surface area contributed by atoms with Crippen LogP contribution in [0.3, 0.4) is 0 Å². The molecule has 1 fully saturated rings. The van der Waals surface area contributed by atoms with E-state index in [0.29, 0.717) is 13.1 Å². The number of anilines is 1. The van der Waals surface area contributed by atoms with Crippen LogP contribution in [0.1, 0.15) is 21.1 Å². The molecule has 0 aliphatic carbocycles. The summed E-state index contributed by atoms with van der Waals surface area (Å²) >= 11 is 8.27. The van der Waals surface area contributed by atoms with Crippen molar-refractivity contribution >= 4 is 34.6 Å². The fraction of sp³-hybridized carbons (Fsp3) is 0.500. The van der Waals surface area contributed by atoms with Gasteiger partial charge in [-0.2, -0.15) is 0 Å². The van der Waals surface area contributed by atoms with Crippen LogP contribution in [0.5, 0.6) is 0 Å². The molecule has 28 heavy (non-hydrogen) atoms. The average molecular weight is 421 g/mol. The van der Waals surface area contributed by atoms with E-state index in [1.54, 1.807) is 18.4 Å². The number of guanidine groups is 1. The number of piperazine rings is 1. The first-order valence-electron chi connectivity index (χ1n) is 9.56. The molecule has 0 atom stereocenters. The van der Waals surface area contributed by atoms with Gasteiger partial charge in [-0.15, -0.1) is 11.3 Å². The Morgan fingerprint density at radius 2 is 1.89 bits per heavy atom. The lowest BCUT2D eigenvalue weighted by Crippen LogP contribution is -2.45. The Hall–Kier alpha value is -1.83. The lowest BCUT2D eigenvalue weighted by molar-refractivity contribution is 0.312. The van der Waals surface area contributed by atoms with Crippen LogP contribution in [0, 0.1) is 13.8 Å². The van der Waals surface area contributed by atoms with E-state index in [1.807, 2.05) is 19.1 Å². The van der Waals surface area contributed by atoms with Crippen LogP contribution in [0.15, 0.2) is 23.2 Å². The second-order valence-electron chi connectivity index (χ2n) is 7.06. The maximum absolute atomic E-state index is 6.55. The summed E-state index contributed by atoms with van der Waals surface area (Å²) in [6.45, 7) is 9.58. The minimum Gasteiger partial charge on any atom is -0.369 e. The number of hydrogen-bond donors (Lipinski definition) is 2. The van der Waals surface area contributed by atoms with Crippen molar-refractivity contribution in [3.05, 3.63) is 44.4 Å². The van der Waals surface area contributed by atoms with Gasteiger partial charge in [0.1, 0.15) is 5.01 Å². The minimum atomic E-state index is 0.622. The van der Waals surface area contributed by atoms with Crippen molar-refractivity contribution < 1.29 is 0 Å². The number of benzene rings is 1. The Morgan fingerprint density at radius 1 is 1.18 bits per heavy atom. The van der Waals surface area contributed by atoms with Crippen LogP contribution >= 0.6 is 22.9 Å². The molecule has 2 aromatic rings. The quantitative estimate of drug-likeness (QED) is 0.575. The van der Waals surface area contributed by atoms with Crippen molar-refractivity contribution in [2.45, 2.75) is 26.9 Å². The second kappa shape index (κ2) is 9.58. The molecule has 6 nitrogen and oxygen atoms in total. The highest BCUT2D eigenvalue weighted by atomic mass is 35.5. The standard InChI is InChI=1S/C20H29ClN6S/c1-14-15(2)28-19(25-14)13-24-20(22-3)23-12-16-17(21)6-5-7-18(16)27-10-8-26(4)9-11-27/h5-7H,8-13H2,1-4H3,(H2,22,23,24). The van der Waals surface area contributed by atoms with E-state index in [4.69, 9.17) is 11.6 Å². The van der Waals surface area contributed by atoms with Crippen LogP contribution in [0.4, 0.5) is 5.69 Å². The second-order valence-corrected chi connectivity index (χ2v) is 8.75. The van der Waals surface area contributed by atoms with Crippen molar-refractivity contribution in [3.8, 4) is 0 Å². The molecule has 1 aromatic heterocycles. The zero-order chi connectivity index (χ0) is 20.1. The number of aryl methyl sites for hydroxylation is 2. The zero-order valence-corrected chi connectivity index (χ0v) is 18.6. The van der Waals surface area contributed by atoms with Gasteiger partial charge in [0.2, 0.25) is 0 Å². The van der Waals surface area contributed by atoms with Gasteiger partial charge in [-0.05, 0) is 33.0 Å². The number of aromatic nitrogens is 1. The number of aliphatic imine (C=N–C) groups is 1. The molecule has 0 amide bonds. The summed E-state index contributed by atoms with van der Waals surface area (Å²) in [6.07, 6.45) is 0. The number of thiazole rings is 1. The number of rotatable bonds is 5. The van der Waals surface area contributed by atoms with Gasteiger partial charge in [0, 0.05) is 60.9 Å². The summed E-state index contributed by atoms with van der Waals surface area (Å²) in [7, 11) is 3.94. The molecule has 1 aliphatic rings. The average Bonchev–Trinajstić information content (AvgIpc) is 3.01. The molecule has 0 saturated carbocycles. The fourth-order valence-corrected chi connectivity index (χ4v) is 4.34. The SMILES string of the molecule is CN=C(NCc1nc(C)c(C)s1)NCc1c(Cl)cccc1N1CCN(C)CC1. The molecule has 2 N–H and O–H groups in total. The molecule has 0 spiro atoms. The molecular formula is C20H29ClN6S. The van der Waals surface area contributed by atoms with Gasteiger partial charge in [0.15, 0.2) is 5.96 Å². The number of nitrogens with zero attached hydrogens (tertiary/aromatic N) is 4. The van der Waals surface area contributed by atoms with Crippen molar-refractivity contribution in [1.82, 2.24) is 20.5 Å². The van der Waals surface area contributed by atoms with Crippen LogP contribution < -0.4 is 15.5 Å². The molecule has 0 radical (unpaired) electrons. The molecule has 152 valence electrons. The van der Waals surface area contributed by atoms with Gasteiger partial charge < -0.3 is 20.4 Å². The van der Waals surface area contributed by atoms with Crippen LogP contribution in [-0.2, 0) is 13.1 Å². The van der Waals surface area contributed by atoms with Gasteiger partial charge in [0.25, 0.3) is 0 Å². The monoisotopic (exact) mass is 420 g/mol. The summed E-state index contributed by atoms with van der Waals surface area (Å²) in [5, 5.41) is 8.59. The first kappa shape index (κ1) is 20.9. The zero-order valence-electron chi connectivity index (χ0n) is 17.0. The topological polar surface area (TPSA) is 55.8 Å². The highest BCUT2D eigenvalue weighted by Gasteiger charge is 2.18. The van der Waals surface area contributed by atoms with Gasteiger partial charge in [-0.3, -0.25) is 4.99 Å². The van der Waals surface area contributed by atoms with E-state index in [-0.39, 0.29) is 0 Å². The van der Waals surface area contributed by atoms with E-state index in [2.05, 4.69) is 50.4 Å². The first-order valence-corrected chi connectivity index (χ1v) is 10.8. The number of nitrogens with one attached hydrogen (secondary N) is 2. The lowest BCUT2D eigenvalue weighted by atomic mass is 10.1. The predicted octanol–water partition coefficient (Wildman–Crippen LogP) is 3.03. The Balaban J connectivity index is 1.64. The maximum atomic E-state index is 6.55. The number of halogens is 1. The smallest absolute Gasteiger partial charge is 0.191 e. The molecule has 8 heteroatoms. The third-order valence-electron chi connectivity index (χ3n) is 5.07. The Morgan fingerprint density at radius 3 is 2.54 bits per heavy atom. The number of hydrogen-bond acceptors (Lipinski definition) is 5. The highest BCUT2D eigenvalue weighted by molar-refractivity contribution is 7.11. The third-order valence-corrected chi connectivity index (χ3v) is 6.50. The molecule has 3 rings (SSSR count).